The minimum absolute atomic E-state index is 0.0522. The summed E-state index contributed by atoms with van der Waals surface area (Å²) in [6, 6.07) is 8.01. The average molecular weight is 297 g/mol. The van der Waals surface area contributed by atoms with Crippen molar-refractivity contribution in [3.05, 3.63) is 36.0 Å². The zero-order chi connectivity index (χ0) is 15.5. The van der Waals surface area contributed by atoms with Gasteiger partial charge in [0.05, 0.1) is 11.2 Å². The molecule has 2 aromatic rings. The fraction of sp³-hybridized carbons (Fsp3) is 0.444. The number of nitrogens with one attached hydrogen (secondary N) is 1. The van der Waals surface area contributed by atoms with E-state index in [2.05, 4.69) is 10.3 Å². The Labute approximate surface area is 131 Å². The van der Waals surface area contributed by atoms with Gasteiger partial charge >= 0.3 is 0 Å². The maximum atomic E-state index is 12.4. The van der Waals surface area contributed by atoms with E-state index in [0.717, 1.165) is 35.0 Å². The van der Waals surface area contributed by atoms with Crippen molar-refractivity contribution in [1.29, 1.82) is 0 Å². The molecule has 3 N–H and O–H groups in total. The molecule has 1 aromatic carbocycles. The number of carbonyl (C=O) groups is 1. The molecule has 1 fully saturated rings. The molecule has 1 aliphatic rings. The normalized spacial score (nSPS) is 21.7. The maximum absolute atomic E-state index is 12.4. The second-order valence-corrected chi connectivity index (χ2v) is 6.29. The highest BCUT2D eigenvalue weighted by atomic mass is 16.1. The molecule has 1 amide bonds. The monoisotopic (exact) mass is 297 g/mol. The van der Waals surface area contributed by atoms with Crippen molar-refractivity contribution < 1.29 is 4.79 Å². The van der Waals surface area contributed by atoms with Gasteiger partial charge in [0.1, 0.15) is 0 Å². The van der Waals surface area contributed by atoms with Crippen LogP contribution in [0, 0.1) is 12.8 Å². The van der Waals surface area contributed by atoms with Crippen molar-refractivity contribution >= 4 is 22.5 Å². The molecule has 2 unspecified atom stereocenters. The molecule has 0 radical (unpaired) electrons. The number of nitrogens with zero attached hydrogens (tertiary/aromatic N) is 1. The summed E-state index contributed by atoms with van der Waals surface area (Å²) in [6.07, 6.45) is 6.76. The largest absolute Gasteiger partial charge is 0.327 e. The number of rotatable bonds is 3. The Bertz CT molecular complexity index is 683. The molecule has 2 atom stereocenters. The van der Waals surface area contributed by atoms with Crippen LogP contribution in [0.2, 0.25) is 0 Å². The van der Waals surface area contributed by atoms with Crippen molar-refractivity contribution in [2.45, 2.75) is 45.1 Å². The van der Waals surface area contributed by atoms with Gasteiger partial charge in [-0.1, -0.05) is 18.9 Å². The Morgan fingerprint density at radius 2 is 2.14 bits per heavy atom. The molecule has 0 saturated heterocycles. The maximum Gasteiger partial charge on any atom is 0.224 e. The number of carbonyl (C=O) groups excluding carboxylic acids is 1. The summed E-state index contributed by atoms with van der Waals surface area (Å²) in [6.45, 7) is 2.03. The van der Waals surface area contributed by atoms with Crippen molar-refractivity contribution in [3.63, 3.8) is 0 Å². The number of aryl methyl sites for hydroxylation is 1. The summed E-state index contributed by atoms with van der Waals surface area (Å²) in [4.78, 5) is 16.8. The number of hydrogen-bond donors (Lipinski definition) is 2. The van der Waals surface area contributed by atoms with Crippen molar-refractivity contribution in [2.75, 3.05) is 5.32 Å². The van der Waals surface area contributed by atoms with Crippen LogP contribution in [-0.2, 0) is 4.79 Å². The van der Waals surface area contributed by atoms with Gasteiger partial charge in [0.2, 0.25) is 5.91 Å². The molecule has 1 heterocycles. The Morgan fingerprint density at radius 3 is 2.95 bits per heavy atom. The van der Waals surface area contributed by atoms with E-state index in [9.17, 15) is 4.79 Å². The molecule has 1 aromatic heterocycles. The molecule has 0 spiro atoms. The quantitative estimate of drug-likeness (QED) is 0.912. The van der Waals surface area contributed by atoms with Crippen LogP contribution < -0.4 is 11.1 Å². The van der Waals surface area contributed by atoms with E-state index in [0.29, 0.717) is 12.3 Å². The van der Waals surface area contributed by atoms with Crippen LogP contribution in [0.25, 0.3) is 10.9 Å². The van der Waals surface area contributed by atoms with Gasteiger partial charge in [-0.15, -0.1) is 0 Å². The number of fused-ring (bicyclic) bond motifs is 1. The highest BCUT2D eigenvalue weighted by Gasteiger charge is 2.24. The predicted molar refractivity (Wildman–Crippen MR) is 89.7 cm³/mol. The van der Waals surface area contributed by atoms with E-state index < -0.39 is 0 Å². The number of aromatic nitrogens is 1. The first-order chi connectivity index (χ1) is 10.6. The highest BCUT2D eigenvalue weighted by Crippen LogP contribution is 2.28. The number of anilines is 1. The smallest absolute Gasteiger partial charge is 0.224 e. The van der Waals surface area contributed by atoms with Crippen molar-refractivity contribution in [2.24, 2.45) is 11.7 Å². The van der Waals surface area contributed by atoms with E-state index in [-0.39, 0.29) is 11.9 Å². The minimum Gasteiger partial charge on any atom is -0.327 e. The summed E-state index contributed by atoms with van der Waals surface area (Å²) < 4.78 is 0. The second-order valence-electron chi connectivity index (χ2n) is 6.29. The minimum atomic E-state index is 0.0522. The molecule has 4 nitrogen and oxygen atoms in total. The lowest BCUT2D eigenvalue weighted by Crippen LogP contribution is -2.35. The zero-order valence-electron chi connectivity index (χ0n) is 13.0. The predicted octanol–water partition coefficient (Wildman–Crippen LogP) is 3.39. The summed E-state index contributed by atoms with van der Waals surface area (Å²) in [5, 5.41) is 4.04. The van der Waals surface area contributed by atoms with E-state index in [4.69, 9.17) is 5.73 Å². The highest BCUT2D eigenvalue weighted by molar-refractivity contribution is 6.01. The number of amides is 1. The van der Waals surface area contributed by atoms with Crippen LogP contribution in [-0.4, -0.2) is 16.9 Å². The number of hydrogen-bond acceptors (Lipinski definition) is 3. The van der Waals surface area contributed by atoms with E-state index in [1.165, 1.54) is 12.8 Å². The molecule has 4 heteroatoms. The van der Waals surface area contributed by atoms with Gasteiger partial charge < -0.3 is 11.1 Å². The van der Waals surface area contributed by atoms with Crippen molar-refractivity contribution in [1.82, 2.24) is 4.98 Å². The second kappa shape index (κ2) is 6.44. The number of pyridine rings is 1. The van der Waals surface area contributed by atoms with Crippen molar-refractivity contribution in [3.8, 4) is 0 Å². The first-order valence-corrected chi connectivity index (χ1v) is 8.05. The summed E-state index contributed by atoms with van der Waals surface area (Å²) in [7, 11) is 0. The first-order valence-electron chi connectivity index (χ1n) is 8.05. The zero-order valence-corrected chi connectivity index (χ0v) is 13.0. The third-order valence-corrected chi connectivity index (χ3v) is 4.66. The topological polar surface area (TPSA) is 68.0 Å². The molecule has 0 aliphatic heterocycles. The molecule has 1 aliphatic carbocycles. The lowest BCUT2D eigenvalue weighted by Gasteiger charge is -2.28. The van der Waals surface area contributed by atoms with E-state index >= 15 is 0 Å². The fourth-order valence-electron chi connectivity index (χ4n) is 3.35. The number of benzene rings is 1. The van der Waals surface area contributed by atoms with Gasteiger partial charge in [-0.3, -0.25) is 9.78 Å². The summed E-state index contributed by atoms with van der Waals surface area (Å²) in [5.74, 6) is 0.361. The third-order valence-electron chi connectivity index (χ3n) is 4.66. The summed E-state index contributed by atoms with van der Waals surface area (Å²) >= 11 is 0. The standard InChI is InChI=1S/C18H23N3O/c1-12-8-9-16(14-6-4-10-20-18(12)14)21-17(22)11-13-5-2-3-7-15(13)19/h4,6,8-10,13,15H,2-3,5,7,11,19H2,1H3,(H,21,22). The molecule has 22 heavy (non-hydrogen) atoms. The summed E-state index contributed by atoms with van der Waals surface area (Å²) in [5.41, 5.74) is 9.03. The van der Waals surface area contributed by atoms with Crippen LogP contribution >= 0.6 is 0 Å². The van der Waals surface area contributed by atoms with Gasteiger partial charge in [-0.25, -0.2) is 0 Å². The van der Waals surface area contributed by atoms with Crippen LogP contribution in [0.1, 0.15) is 37.7 Å². The Morgan fingerprint density at radius 1 is 1.32 bits per heavy atom. The SMILES string of the molecule is Cc1ccc(NC(=O)CC2CCCCC2N)c2cccnc12. The first kappa shape index (κ1) is 15.0. The van der Waals surface area contributed by atoms with Gasteiger partial charge in [0.15, 0.2) is 0 Å². The lowest BCUT2D eigenvalue weighted by atomic mass is 9.83. The number of nitrogens with two attached hydrogens (primary N) is 1. The molecular formula is C18H23N3O. The van der Waals surface area contributed by atoms with Crippen LogP contribution in [0.5, 0.6) is 0 Å². The van der Waals surface area contributed by atoms with Crippen LogP contribution in [0.4, 0.5) is 5.69 Å². The Hall–Kier alpha value is -1.94. The van der Waals surface area contributed by atoms with E-state index in [1.54, 1.807) is 6.20 Å². The lowest BCUT2D eigenvalue weighted by molar-refractivity contribution is -0.117. The van der Waals surface area contributed by atoms with Crippen LogP contribution in [0.15, 0.2) is 30.5 Å². The Balaban J connectivity index is 1.75. The van der Waals surface area contributed by atoms with Gasteiger partial charge in [-0.2, -0.15) is 0 Å². The molecule has 0 bridgehead atoms. The molecular weight excluding hydrogens is 274 g/mol. The molecule has 1 saturated carbocycles. The molecule has 3 rings (SSSR count). The van der Waals surface area contributed by atoms with E-state index in [1.807, 2.05) is 31.2 Å². The fourth-order valence-corrected chi connectivity index (χ4v) is 3.35. The van der Waals surface area contributed by atoms with Gasteiger partial charge in [-0.05, 0) is 49.4 Å². The van der Waals surface area contributed by atoms with Gasteiger partial charge in [0.25, 0.3) is 0 Å². The molecule has 116 valence electrons. The average Bonchev–Trinajstić information content (AvgIpc) is 2.53. The van der Waals surface area contributed by atoms with Gasteiger partial charge in [0, 0.05) is 24.0 Å². The third kappa shape index (κ3) is 3.12. The Kier molecular flexibility index (Phi) is 4.39. The van der Waals surface area contributed by atoms with Crippen LogP contribution in [0.3, 0.4) is 0 Å².